The molecule has 0 N–H and O–H groups in total. The third-order valence-electron chi connectivity index (χ3n) is 4.37. The van der Waals surface area contributed by atoms with Gasteiger partial charge in [0.15, 0.2) is 0 Å². The largest absolute Gasteiger partial charge is 0.300 e. The van der Waals surface area contributed by atoms with Crippen molar-refractivity contribution in [2.75, 3.05) is 13.1 Å². The van der Waals surface area contributed by atoms with Gasteiger partial charge in [-0.3, -0.25) is 4.90 Å². The van der Waals surface area contributed by atoms with Gasteiger partial charge >= 0.3 is 0 Å². The van der Waals surface area contributed by atoms with Crippen molar-refractivity contribution < 1.29 is 0 Å². The Hall–Kier alpha value is -0.550. The molecule has 1 saturated heterocycles. The van der Waals surface area contributed by atoms with Crippen LogP contribution in [0.4, 0.5) is 0 Å². The Balaban J connectivity index is 2.45. The fraction of sp³-hybridized carbons (Fsp3) is 0.923. The fourth-order valence-corrected chi connectivity index (χ4v) is 2.66. The van der Waals surface area contributed by atoms with Crippen molar-refractivity contribution in [2.24, 2.45) is 5.41 Å². The number of likely N-dealkylation sites (tertiary alicyclic amines) is 1. The number of hydrogen-bond donors (Lipinski definition) is 0. The van der Waals surface area contributed by atoms with Crippen LogP contribution >= 0.6 is 0 Å². The zero-order valence-corrected chi connectivity index (χ0v) is 10.4. The van der Waals surface area contributed by atoms with Gasteiger partial charge in [-0.1, -0.05) is 26.7 Å². The SMILES string of the molecule is CCC1(CC)CCN(C(C)CC#N)CC1. The van der Waals surface area contributed by atoms with E-state index in [-0.39, 0.29) is 0 Å². The molecule has 86 valence electrons. The molecule has 1 rings (SSSR count). The number of piperidine rings is 1. The van der Waals surface area contributed by atoms with E-state index in [2.05, 4.69) is 31.7 Å². The lowest BCUT2D eigenvalue weighted by Gasteiger charge is -2.42. The standard InChI is InChI=1S/C13H24N2/c1-4-13(5-2)7-10-15(11-8-13)12(3)6-9-14/h12H,4-8,10-11H2,1-3H3. The maximum absolute atomic E-state index is 8.69. The number of rotatable bonds is 4. The summed E-state index contributed by atoms with van der Waals surface area (Å²) in [5, 5.41) is 8.69. The second-order valence-corrected chi connectivity index (χ2v) is 4.95. The van der Waals surface area contributed by atoms with Crippen molar-refractivity contribution in [1.29, 1.82) is 5.26 Å². The average Bonchev–Trinajstić information content (AvgIpc) is 2.29. The molecule has 0 aromatic rings. The Morgan fingerprint density at radius 2 is 1.80 bits per heavy atom. The summed E-state index contributed by atoms with van der Waals surface area (Å²) in [6, 6.07) is 2.72. The smallest absolute Gasteiger partial charge is 0.0638 e. The molecular weight excluding hydrogens is 184 g/mol. The van der Waals surface area contributed by atoms with E-state index in [1.165, 1.54) is 38.8 Å². The zero-order chi connectivity index (χ0) is 11.3. The molecule has 1 fully saturated rings. The van der Waals surface area contributed by atoms with Crippen LogP contribution in [0.5, 0.6) is 0 Å². The van der Waals surface area contributed by atoms with Gasteiger partial charge in [-0.2, -0.15) is 5.26 Å². The molecule has 1 aliphatic heterocycles. The molecule has 0 aromatic carbocycles. The lowest BCUT2D eigenvalue weighted by atomic mass is 9.74. The van der Waals surface area contributed by atoms with Gasteiger partial charge in [0.1, 0.15) is 0 Å². The quantitative estimate of drug-likeness (QED) is 0.709. The highest BCUT2D eigenvalue weighted by atomic mass is 15.2. The molecule has 15 heavy (non-hydrogen) atoms. The molecule has 0 radical (unpaired) electrons. The molecule has 1 atom stereocenters. The molecule has 1 heterocycles. The van der Waals surface area contributed by atoms with Crippen molar-refractivity contribution in [3.05, 3.63) is 0 Å². The van der Waals surface area contributed by atoms with Gasteiger partial charge in [0.2, 0.25) is 0 Å². The summed E-state index contributed by atoms with van der Waals surface area (Å²) in [4.78, 5) is 2.48. The molecule has 0 amide bonds. The average molecular weight is 208 g/mol. The third kappa shape index (κ3) is 2.95. The van der Waals surface area contributed by atoms with Crippen LogP contribution in [0, 0.1) is 16.7 Å². The van der Waals surface area contributed by atoms with Gasteiger partial charge in [-0.05, 0) is 38.3 Å². The lowest BCUT2D eigenvalue weighted by molar-refractivity contribution is 0.0724. The molecule has 1 aliphatic rings. The molecule has 0 spiro atoms. The summed E-state index contributed by atoms with van der Waals surface area (Å²) >= 11 is 0. The van der Waals surface area contributed by atoms with Crippen molar-refractivity contribution in [3.8, 4) is 6.07 Å². The van der Waals surface area contributed by atoms with Gasteiger partial charge in [0.05, 0.1) is 12.5 Å². The Bertz CT molecular complexity index is 215. The topological polar surface area (TPSA) is 27.0 Å². The van der Waals surface area contributed by atoms with Crippen molar-refractivity contribution >= 4 is 0 Å². The molecule has 2 heteroatoms. The molecule has 0 bridgehead atoms. The van der Waals surface area contributed by atoms with E-state index in [4.69, 9.17) is 5.26 Å². The number of nitriles is 1. The monoisotopic (exact) mass is 208 g/mol. The predicted molar refractivity (Wildman–Crippen MR) is 63.5 cm³/mol. The second-order valence-electron chi connectivity index (χ2n) is 4.95. The Morgan fingerprint density at radius 1 is 1.27 bits per heavy atom. The summed E-state index contributed by atoms with van der Waals surface area (Å²) in [5.41, 5.74) is 0.600. The maximum atomic E-state index is 8.69. The highest BCUT2D eigenvalue weighted by Crippen LogP contribution is 2.38. The van der Waals surface area contributed by atoms with E-state index < -0.39 is 0 Å². The second kappa shape index (κ2) is 5.51. The summed E-state index contributed by atoms with van der Waals surface area (Å²) < 4.78 is 0. The Morgan fingerprint density at radius 3 is 2.20 bits per heavy atom. The Kier molecular flexibility index (Phi) is 4.60. The van der Waals surface area contributed by atoms with Crippen LogP contribution < -0.4 is 0 Å². The van der Waals surface area contributed by atoms with Crippen LogP contribution in [0.1, 0.15) is 52.9 Å². The first-order chi connectivity index (χ1) is 7.17. The first-order valence-corrected chi connectivity index (χ1v) is 6.28. The molecule has 0 aromatic heterocycles. The minimum absolute atomic E-state index is 0.446. The van der Waals surface area contributed by atoms with Crippen molar-refractivity contribution in [2.45, 2.75) is 58.9 Å². The van der Waals surface area contributed by atoms with E-state index in [0.29, 0.717) is 17.9 Å². The van der Waals surface area contributed by atoms with Crippen molar-refractivity contribution in [3.63, 3.8) is 0 Å². The van der Waals surface area contributed by atoms with Crippen LogP contribution in [0.3, 0.4) is 0 Å². The summed E-state index contributed by atoms with van der Waals surface area (Å²) in [7, 11) is 0. The van der Waals surface area contributed by atoms with Crippen molar-refractivity contribution in [1.82, 2.24) is 4.90 Å². The fourth-order valence-electron chi connectivity index (χ4n) is 2.66. The van der Waals surface area contributed by atoms with Crippen LogP contribution in [0.25, 0.3) is 0 Å². The first kappa shape index (κ1) is 12.5. The van der Waals surface area contributed by atoms with Crippen LogP contribution in [0.2, 0.25) is 0 Å². The molecule has 0 aliphatic carbocycles. The minimum atomic E-state index is 0.446. The van der Waals surface area contributed by atoms with Gasteiger partial charge in [-0.25, -0.2) is 0 Å². The van der Waals surface area contributed by atoms with E-state index >= 15 is 0 Å². The summed E-state index contributed by atoms with van der Waals surface area (Å²) in [5.74, 6) is 0. The van der Waals surface area contributed by atoms with Crippen LogP contribution in [0.15, 0.2) is 0 Å². The van der Waals surface area contributed by atoms with Gasteiger partial charge in [0, 0.05) is 6.04 Å². The van der Waals surface area contributed by atoms with E-state index in [1.807, 2.05) is 0 Å². The Labute approximate surface area is 94.3 Å². The summed E-state index contributed by atoms with van der Waals surface area (Å²) in [6.45, 7) is 9.18. The summed E-state index contributed by atoms with van der Waals surface area (Å²) in [6.07, 6.45) is 5.92. The molecule has 0 saturated carbocycles. The maximum Gasteiger partial charge on any atom is 0.0638 e. The lowest BCUT2D eigenvalue weighted by Crippen LogP contribution is -2.43. The van der Waals surface area contributed by atoms with Gasteiger partial charge < -0.3 is 0 Å². The van der Waals surface area contributed by atoms with E-state index in [1.54, 1.807) is 0 Å². The van der Waals surface area contributed by atoms with Crippen LogP contribution in [-0.4, -0.2) is 24.0 Å². The third-order valence-corrected chi connectivity index (χ3v) is 4.37. The normalized spacial score (nSPS) is 23.3. The zero-order valence-electron chi connectivity index (χ0n) is 10.4. The number of nitrogens with zero attached hydrogens (tertiary/aromatic N) is 2. The minimum Gasteiger partial charge on any atom is -0.300 e. The number of hydrogen-bond acceptors (Lipinski definition) is 2. The molecular formula is C13H24N2. The predicted octanol–water partition coefficient (Wildman–Crippen LogP) is 3.19. The highest BCUT2D eigenvalue weighted by molar-refractivity contribution is 4.88. The molecule has 1 unspecified atom stereocenters. The van der Waals surface area contributed by atoms with E-state index in [0.717, 1.165) is 0 Å². The van der Waals surface area contributed by atoms with E-state index in [9.17, 15) is 0 Å². The van der Waals surface area contributed by atoms with Crippen LogP contribution in [-0.2, 0) is 0 Å². The first-order valence-electron chi connectivity index (χ1n) is 6.28. The highest BCUT2D eigenvalue weighted by Gasteiger charge is 2.32. The van der Waals surface area contributed by atoms with Gasteiger partial charge in [-0.15, -0.1) is 0 Å². The van der Waals surface area contributed by atoms with Gasteiger partial charge in [0.25, 0.3) is 0 Å². The molecule has 2 nitrogen and oxygen atoms in total.